The first-order chi connectivity index (χ1) is 10.0. The van der Waals surface area contributed by atoms with Crippen LogP contribution in [0, 0.1) is 13.8 Å². The van der Waals surface area contributed by atoms with E-state index in [0.29, 0.717) is 5.76 Å². The van der Waals surface area contributed by atoms with Crippen LogP contribution in [-0.2, 0) is 4.79 Å². The Morgan fingerprint density at radius 1 is 1.24 bits per heavy atom. The molecule has 0 atom stereocenters. The third-order valence-electron chi connectivity index (χ3n) is 2.66. The molecule has 2 rings (SSSR count). The van der Waals surface area contributed by atoms with Crippen molar-refractivity contribution in [1.29, 1.82) is 0 Å². The van der Waals surface area contributed by atoms with Crippen molar-refractivity contribution in [2.45, 2.75) is 13.8 Å². The van der Waals surface area contributed by atoms with Gasteiger partial charge in [-0.15, -0.1) is 0 Å². The Labute approximate surface area is 128 Å². The minimum Gasteiger partial charge on any atom is -0.465 e. The summed E-state index contributed by atoms with van der Waals surface area (Å²) in [5.41, 5.74) is 3.11. The lowest BCUT2D eigenvalue weighted by atomic mass is 10.1. The van der Waals surface area contributed by atoms with Crippen molar-refractivity contribution in [3.63, 3.8) is 0 Å². The molecule has 1 heterocycles. The van der Waals surface area contributed by atoms with Crippen LogP contribution in [0.4, 0.5) is 5.69 Å². The third kappa shape index (κ3) is 4.89. The maximum absolute atomic E-state index is 11.7. The first kappa shape index (κ1) is 15.0. The summed E-state index contributed by atoms with van der Waals surface area (Å²) in [5.74, 6) is 0.298. The number of hydrogen-bond acceptors (Lipinski definition) is 3. The summed E-state index contributed by atoms with van der Waals surface area (Å²) in [6.45, 7) is 4.01. The fourth-order valence-corrected chi connectivity index (χ4v) is 2.13. The summed E-state index contributed by atoms with van der Waals surface area (Å²) in [6, 6.07) is 9.51. The average Bonchev–Trinajstić information content (AvgIpc) is 2.87. The van der Waals surface area contributed by atoms with E-state index in [1.54, 1.807) is 24.5 Å². The highest BCUT2D eigenvalue weighted by Crippen LogP contribution is 2.13. The Morgan fingerprint density at radius 3 is 2.57 bits per heavy atom. The zero-order valence-electron chi connectivity index (χ0n) is 11.8. The van der Waals surface area contributed by atoms with Crippen LogP contribution in [0.5, 0.6) is 0 Å². The van der Waals surface area contributed by atoms with Gasteiger partial charge in [0.15, 0.2) is 5.11 Å². The summed E-state index contributed by atoms with van der Waals surface area (Å²) in [7, 11) is 0. The van der Waals surface area contributed by atoms with Crippen molar-refractivity contribution in [3.05, 3.63) is 59.6 Å². The Kier molecular flexibility index (Phi) is 4.90. The predicted octanol–water partition coefficient (Wildman–Crippen LogP) is 3.42. The molecule has 4 nitrogen and oxygen atoms in total. The molecule has 1 amide bonds. The third-order valence-corrected chi connectivity index (χ3v) is 2.86. The molecule has 0 spiro atoms. The number of nitrogens with one attached hydrogen (secondary N) is 2. The molecule has 0 aliphatic heterocycles. The van der Waals surface area contributed by atoms with Gasteiger partial charge in [-0.2, -0.15) is 0 Å². The van der Waals surface area contributed by atoms with Crippen molar-refractivity contribution in [2.24, 2.45) is 0 Å². The molecule has 2 N–H and O–H groups in total. The highest BCUT2D eigenvalue weighted by Gasteiger charge is 2.03. The minimum absolute atomic E-state index is 0.258. The van der Waals surface area contributed by atoms with Crippen molar-refractivity contribution in [2.75, 3.05) is 5.32 Å². The highest BCUT2D eigenvalue weighted by molar-refractivity contribution is 7.80. The van der Waals surface area contributed by atoms with E-state index < -0.39 is 0 Å². The number of anilines is 1. The van der Waals surface area contributed by atoms with E-state index in [0.717, 1.165) is 16.8 Å². The lowest BCUT2D eigenvalue weighted by Gasteiger charge is -2.09. The molecule has 21 heavy (non-hydrogen) atoms. The lowest BCUT2D eigenvalue weighted by molar-refractivity contribution is -0.115. The molecular formula is C16H16N2O2S. The van der Waals surface area contributed by atoms with Crippen LogP contribution in [0.25, 0.3) is 6.08 Å². The first-order valence-corrected chi connectivity index (χ1v) is 6.85. The molecule has 1 aromatic heterocycles. The van der Waals surface area contributed by atoms with Crippen LogP contribution in [-0.4, -0.2) is 11.0 Å². The van der Waals surface area contributed by atoms with Crippen molar-refractivity contribution >= 4 is 35.0 Å². The summed E-state index contributed by atoms with van der Waals surface area (Å²) in [5, 5.41) is 5.83. The topological polar surface area (TPSA) is 54.3 Å². The second-order valence-electron chi connectivity index (χ2n) is 4.67. The van der Waals surface area contributed by atoms with Crippen molar-refractivity contribution in [1.82, 2.24) is 5.32 Å². The van der Waals surface area contributed by atoms with Crippen molar-refractivity contribution in [3.8, 4) is 0 Å². The zero-order chi connectivity index (χ0) is 15.2. The van der Waals surface area contributed by atoms with Gasteiger partial charge in [-0.1, -0.05) is 6.07 Å². The molecule has 0 saturated carbocycles. The maximum atomic E-state index is 11.7. The van der Waals surface area contributed by atoms with Gasteiger partial charge in [0.05, 0.1) is 6.26 Å². The van der Waals surface area contributed by atoms with Crippen LogP contribution >= 0.6 is 12.2 Å². The van der Waals surface area contributed by atoms with E-state index in [9.17, 15) is 4.79 Å². The summed E-state index contributed by atoms with van der Waals surface area (Å²) in [4.78, 5) is 11.7. The number of thiocarbonyl (C=S) groups is 1. The Morgan fingerprint density at radius 2 is 1.95 bits per heavy atom. The number of furan rings is 1. The quantitative estimate of drug-likeness (QED) is 0.673. The number of rotatable bonds is 3. The molecule has 0 aliphatic carbocycles. The summed E-state index contributed by atoms with van der Waals surface area (Å²) in [6.07, 6.45) is 4.49. The molecule has 5 heteroatoms. The van der Waals surface area contributed by atoms with Crippen LogP contribution in [0.1, 0.15) is 16.9 Å². The number of aryl methyl sites for hydroxylation is 2. The second kappa shape index (κ2) is 6.85. The standard InChI is InChI=1S/C16H16N2O2S/c1-11-8-12(2)10-13(9-11)17-16(21)18-15(19)6-5-14-4-3-7-20-14/h3-10H,1-2H3,(H2,17,18,19,21). The number of carbonyl (C=O) groups is 1. The molecule has 108 valence electrons. The number of hydrogen-bond donors (Lipinski definition) is 2. The van der Waals surface area contributed by atoms with E-state index >= 15 is 0 Å². The first-order valence-electron chi connectivity index (χ1n) is 6.45. The SMILES string of the molecule is Cc1cc(C)cc(NC(=S)NC(=O)C=Cc2ccco2)c1. The number of carbonyl (C=O) groups excluding carboxylic acids is 1. The van der Waals surface area contributed by atoms with E-state index in [4.69, 9.17) is 16.6 Å². The fourth-order valence-electron chi connectivity index (χ4n) is 1.91. The summed E-state index contributed by atoms with van der Waals surface area (Å²) < 4.78 is 5.10. The van der Waals surface area contributed by atoms with Gasteiger partial charge in [0.25, 0.3) is 0 Å². The van der Waals surface area contributed by atoms with Gasteiger partial charge in [0.1, 0.15) is 5.76 Å². The van der Waals surface area contributed by atoms with Crippen LogP contribution in [0.3, 0.4) is 0 Å². The van der Waals surface area contributed by atoms with E-state index in [1.807, 2.05) is 26.0 Å². The molecule has 0 saturated heterocycles. The van der Waals surface area contributed by atoms with E-state index in [1.165, 1.54) is 6.08 Å². The van der Waals surface area contributed by atoms with Crippen LogP contribution in [0.2, 0.25) is 0 Å². The van der Waals surface area contributed by atoms with Gasteiger partial charge in [0.2, 0.25) is 5.91 Å². The van der Waals surface area contributed by atoms with E-state index in [2.05, 4.69) is 16.7 Å². The van der Waals surface area contributed by atoms with Crippen molar-refractivity contribution < 1.29 is 9.21 Å². The normalized spacial score (nSPS) is 10.6. The monoisotopic (exact) mass is 300 g/mol. The molecule has 0 bridgehead atoms. The predicted molar refractivity (Wildman–Crippen MR) is 88.0 cm³/mol. The molecule has 2 aromatic rings. The number of amides is 1. The molecule has 0 fully saturated rings. The van der Waals surface area contributed by atoms with Gasteiger partial charge in [0, 0.05) is 11.8 Å². The molecule has 0 aliphatic rings. The maximum Gasteiger partial charge on any atom is 0.250 e. The molecule has 1 aromatic carbocycles. The van der Waals surface area contributed by atoms with E-state index in [-0.39, 0.29) is 11.0 Å². The summed E-state index contributed by atoms with van der Waals surface area (Å²) >= 11 is 5.11. The van der Waals surface area contributed by atoms with Crippen LogP contribution < -0.4 is 10.6 Å². The van der Waals surface area contributed by atoms with Gasteiger partial charge >= 0.3 is 0 Å². The largest absolute Gasteiger partial charge is 0.465 e. The van der Waals surface area contributed by atoms with Gasteiger partial charge < -0.3 is 9.73 Å². The highest BCUT2D eigenvalue weighted by atomic mass is 32.1. The Hall–Kier alpha value is -2.40. The average molecular weight is 300 g/mol. The molecular weight excluding hydrogens is 284 g/mol. The fraction of sp³-hybridized carbons (Fsp3) is 0.125. The molecule has 0 unspecified atom stereocenters. The second-order valence-corrected chi connectivity index (χ2v) is 5.08. The smallest absolute Gasteiger partial charge is 0.250 e. The zero-order valence-corrected chi connectivity index (χ0v) is 12.7. The lowest BCUT2D eigenvalue weighted by Crippen LogP contribution is -2.32. The van der Waals surface area contributed by atoms with Gasteiger partial charge in [-0.3, -0.25) is 10.1 Å². The minimum atomic E-state index is -0.312. The number of benzene rings is 1. The Balaban J connectivity index is 1.90. The van der Waals surface area contributed by atoms with Gasteiger partial charge in [-0.25, -0.2) is 0 Å². The Bertz CT molecular complexity index is 655. The van der Waals surface area contributed by atoms with Crippen LogP contribution in [0.15, 0.2) is 47.1 Å². The van der Waals surface area contributed by atoms with Gasteiger partial charge in [-0.05, 0) is 67.5 Å². The molecule has 0 radical (unpaired) electrons.